The Bertz CT molecular complexity index is 603. The second kappa shape index (κ2) is 7.21. The highest BCUT2D eigenvalue weighted by Crippen LogP contribution is 2.15. The number of nitrogens with zero attached hydrogens (tertiary/aromatic N) is 1. The van der Waals surface area contributed by atoms with E-state index >= 15 is 0 Å². The van der Waals surface area contributed by atoms with Gasteiger partial charge >= 0.3 is 0 Å². The van der Waals surface area contributed by atoms with Gasteiger partial charge in [-0.15, -0.1) is 0 Å². The summed E-state index contributed by atoms with van der Waals surface area (Å²) in [5.41, 5.74) is 0.368. The van der Waals surface area contributed by atoms with Crippen LogP contribution < -0.4 is 4.74 Å². The normalized spacial score (nSPS) is 16.7. The zero-order chi connectivity index (χ0) is 16.2. The van der Waals surface area contributed by atoms with Crippen LogP contribution in [0.2, 0.25) is 0 Å². The Morgan fingerprint density at radius 1 is 1.23 bits per heavy atom. The van der Waals surface area contributed by atoms with Crippen molar-refractivity contribution < 1.29 is 22.7 Å². The van der Waals surface area contributed by atoms with E-state index in [4.69, 9.17) is 9.47 Å². The van der Waals surface area contributed by atoms with Crippen molar-refractivity contribution in [2.24, 2.45) is 0 Å². The van der Waals surface area contributed by atoms with Crippen molar-refractivity contribution in [3.8, 4) is 5.75 Å². The van der Waals surface area contributed by atoms with Crippen molar-refractivity contribution in [1.29, 1.82) is 0 Å². The molecule has 2 rings (SSSR count). The fraction of sp³-hybridized carbons (Fsp3) is 0.533. The second-order valence-corrected chi connectivity index (χ2v) is 7.35. The number of Topliss-reactive ketones (excluding diaryl/α,β-unsaturated/α-hetero) is 1. The maximum Gasteiger partial charge on any atom is 0.221 e. The van der Waals surface area contributed by atoms with Crippen LogP contribution >= 0.6 is 0 Å². The molecule has 1 aliphatic heterocycles. The van der Waals surface area contributed by atoms with E-state index < -0.39 is 21.6 Å². The number of carbonyl (C=O) groups is 1. The highest BCUT2D eigenvalue weighted by atomic mass is 32.2. The number of benzene rings is 1. The van der Waals surface area contributed by atoms with Gasteiger partial charge in [-0.05, 0) is 38.1 Å². The molecule has 0 atom stereocenters. The Morgan fingerprint density at radius 2 is 1.82 bits per heavy atom. The van der Waals surface area contributed by atoms with Gasteiger partial charge in [0, 0.05) is 18.7 Å². The van der Waals surface area contributed by atoms with Crippen LogP contribution in [0.1, 0.15) is 24.2 Å². The molecule has 0 N–H and O–H groups in total. The molecule has 0 unspecified atom stereocenters. The molecule has 1 aromatic rings. The van der Waals surface area contributed by atoms with Gasteiger partial charge in [-0.3, -0.25) is 4.79 Å². The first-order chi connectivity index (χ1) is 10.4. The molecule has 6 nitrogen and oxygen atoms in total. The molecule has 0 spiro atoms. The van der Waals surface area contributed by atoms with Gasteiger partial charge in [0.1, 0.15) is 11.5 Å². The number of sulfonamides is 1. The number of ketones is 1. The lowest BCUT2D eigenvalue weighted by Gasteiger charge is -2.25. The molecular formula is C15H21NO5S. The first-order valence-corrected chi connectivity index (χ1v) is 8.85. The van der Waals surface area contributed by atoms with Gasteiger partial charge in [0.2, 0.25) is 10.0 Å². The third kappa shape index (κ3) is 4.53. The number of morpholine rings is 1. The molecule has 0 aromatic heterocycles. The summed E-state index contributed by atoms with van der Waals surface area (Å²) in [4.78, 5) is 12.2. The van der Waals surface area contributed by atoms with E-state index in [1.165, 1.54) is 4.31 Å². The highest BCUT2D eigenvalue weighted by Gasteiger charge is 2.27. The van der Waals surface area contributed by atoms with E-state index in [-0.39, 0.29) is 6.10 Å². The van der Waals surface area contributed by atoms with Crippen LogP contribution in [-0.4, -0.2) is 56.7 Å². The molecule has 122 valence electrons. The fourth-order valence-electron chi connectivity index (χ4n) is 2.16. The first kappa shape index (κ1) is 16.9. The van der Waals surface area contributed by atoms with E-state index in [1.807, 2.05) is 13.8 Å². The molecule has 0 amide bonds. The largest absolute Gasteiger partial charge is 0.491 e. The van der Waals surface area contributed by atoms with Gasteiger partial charge in [0.15, 0.2) is 5.78 Å². The van der Waals surface area contributed by atoms with Crippen LogP contribution in [0, 0.1) is 0 Å². The summed E-state index contributed by atoms with van der Waals surface area (Å²) in [5, 5.41) is 0. The van der Waals surface area contributed by atoms with E-state index in [1.54, 1.807) is 24.3 Å². The van der Waals surface area contributed by atoms with Crippen LogP contribution in [-0.2, 0) is 14.8 Å². The van der Waals surface area contributed by atoms with E-state index in [2.05, 4.69) is 0 Å². The van der Waals surface area contributed by atoms with Crippen molar-refractivity contribution in [1.82, 2.24) is 4.31 Å². The summed E-state index contributed by atoms with van der Waals surface area (Å²) in [7, 11) is -3.59. The van der Waals surface area contributed by atoms with Gasteiger partial charge in [-0.2, -0.15) is 4.31 Å². The zero-order valence-corrected chi connectivity index (χ0v) is 13.6. The van der Waals surface area contributed by atoms with E-state index in [9.17, 15) is 13.2 Å². The van der Waals surface area contributed by atoms with Gasteiger partial charge in [0.25, 0.3) is 0 Å². The van der Waals surface area contributed by atoms with Crippen LogP contribution in [0.3, 0.4) is 0 Å². The molecule has 0 aliphatic carbocycles. The Labute approximate surface area is 131 Å². The average Bonchev–Trinajstić information content (AvgIpc) is 2.48. The zero-order valence-electron chi connectivity index (χ0n) is 12.8. The lowest BCUT2D eigenvalue weighted by molar-refractivity contribution is 0.0727. The molecule has 1 fully saturated rings. The average molecular weight is 327 g/mol. The summed E-state index contributed by atoms with van der Waals surface area (Å²) >= 11 is 0. The lowest BCUT2D eigenvalue weighted by Crippen LogP contribution is -2.43. The smallest absolute Gasteiger partial charge is 0.221 e. The topological polar surface area (TPSA) is 72.9 Å². The first-order valence-electron chi connectivity index (χ1n) is 7.24. The Morgan fingerprint density at radius 3 is 2.36 bits per heavy atom. The molecule has 0 radical (unpaired) electrons. The summed E-state index contributed by atoms with van der Waals surface area (Å²) in [6.07, 6.45) is 0.0447. The lowest BCUT2D eigenvalue weighted by atomic mass is 10.1. The standard InChI is InChI=1S/C15H21NO5S/c1-12(2)21-14-5-3-13(4-6-14)15(17)11-22(18,19)16-7-9-20-10-8-16/h3-6,12H,7-11H2,1-2H3. The summed E-state index contributed by atoms with van der Waals surface area (Å²) < 4.78 is 36.3. The number of hydrogen-bond donors (Lipinski definition) is 0. The van der Waals surface area contributed by atoms with Crippen molar-refractivity contribution in [2.75, 3.05) is 32.1 Å². The molecular weight excluding hydrogens is 306 g/mol. The molecule has 7 heteroatoms. The minimum atomic E-state index is -3.59. The maximum atomic E-state index is 12.2. The van der Waals surface area contributed by atoms with Gasteiger partial charge in [0.05, 0.1) is 19.3 Å². The summed E-state index contributed by atoms with van der Waals surface area (Å²) in [6, 6.07) is 6.53. The van der Waals surface area contributed by atoms with Crippen LogP contribution in [0.4, 0.5) is 0 Å². The third-order valence-corrected chi connectivity index (χ3v) is 5.00. The van der Waals surface area contributed by atoms with Crippen molar-refractivity contribution >= 4 is 15.8 Å². The van der Waals surface area contributed by atoms with Crippen LogP contribution in [0.25, 0.3) is 0 Å². The quantitative estimate of drug-likeness (QED) is 0.737. The minimum absolute atomic E-state index is 0.0447. The molecule has 22 heavy (non-hydrogen) atoms. The maximum absolute atomic E-state index is 12.2. The van der Waals surface area contributed by atoms with E-state index in [0.717, 1.165) is 0 Å². The van der Waals surface area contributed by atoms with Gasteiger partial charge < -0.3 is 9.47 Å². The molecule has 1 heterocycles. The molecule has 1 aromatic carbocycles. The SMILES string of the molecule is CC(C)Oc1ccc(C(=O)CS(=O)(=O)N2CCOCC2)cc1. The Hall–Kier alpha value is -1.44. The van der Waals surface area contributed by atoms with Crippen LogP contribution in [0.5, 0.6) is 5.75 Å². The Kier molecular flexibility index (Phi) is 5.55. The van der Waals surface area contributed by atoms with Gasteiger partial charge in [-0.1, -0.05) is 0 Å². The molecule has 0 bridgehead atoms. The van der Waals surface area contributed by atoms with Crippen molar-refractivity contribution in [3.05, 3.63) is 29.8 Å². The predicted molar refractivity (Wildman–Crippen MR) is 82.7 cm³/mol. The number of rotatable bonds is 6. The third-order valence-electron chi connectivity index (χ3n) is 3.23. The fourth-order valence-corrected chi connectivity index (χ4v) is 3.54. The second-order valence-electron chi connectivity index (χ2n) is 5.38. The van der Waals surface area contributed by atoms with E-state index in [0.29, 0.717) is 37.6 Å². The Balaban J connectivity index is 2.02. The van der Waals surface area contributed by atoms with Crippen LogP contribution in [0.15, 0.2) is 24.3 Å². The van der Waals surface area contributed by atoms with Crippen molar-refractivity contribution in [2.45, 2.75) is 20.0 Å². The molecule has 1 saturated heterocycles. The minimum Gasteiger partial charge on any atom is -0.491 e. The van der Waals surface area contributed by atoms with Crippen molar-refractivity contribution in [3.63, 3.8) is 0 Å². The number of carbonyl (C=O) groups excluding carboxylic acids is 1. The van der Waals surface area contributed by atoms with Gasteiger partial charge in [-0.25, -0.2) is 8.42 Å². The summed E-state index contributed by atoms with van der Waals surface area (Å²) in [5.74, 6) is -0.276. The summed E-state index contributed by atoms with van der Waals surface area (Å²) in [6.45, 7) is 5.17. The number of ether oxygens (including phenoxy) is 2. The molecule has 1 aliphatic rings. The number of hydrogen-bond acceptors (Lipinski definition) is 5. The predicted octanol–water partition coefficient (Wildman–Crippen LogP) is 1.32. The monoisotopic (exact) mass is 327 g/mol. The highest BCUT2D eigenvalue weighted by molar-refractivity contribution is 7.89. The molecule has 0 saturated carbocycles.